The van der Waals surface area contributed by atoms with Gasteiger partial charge in [-0.15, -0.1) is 0 Å². The summed E-state index contributed by atoms with van der Waals surface area (Å²) in [5.41, 5.74) is -0.337. The van der Waals surface area contributed by atoms with Crippen molar-refractivity contribution in [2.24, 2.45) is 23.2 Å². The highest BCUT2D eigenvalue weighted by Crippen LogP contribution is 2.62. The molecule has 4 aliphatic rings. The van der Waals surface area contributed by atoms with Crippen molar-refractivity contribution in [1.29, 1.82) is 0 Å². The zero-order valence-corrected chi connectivity index (χ0v) is 10.5. The Morgan fingerprint density at radius 1 is 1.12 bits per heavy atom. The van der Waals surface area contributed by atoms with Crippen LogP contribution in [0.5, 0.6) is 0 Å². The first-order chi connectivity index (χ1) is 7.89. The third-order valence-corrected chi connectivity index (χ3v) is 5.66. The lowest BCUT2D eigenvalue weighted by Crippen LogP contribution is -2.48. The zero-order chi connectivity index (χ0) is 12.3. The summed E-state index contributed by atoms with van der Waals surface area (Å²) in [7, 11) is 0. The molecule has 98 valence electrons. The van der Waals surface area contributed by atoms with Crippen molar-refractivity contribution in [2.75, 3.05) is 0 Å². The summed E-state index contributed by atoms with van der Waals surface area (Å²) < 4.78 is 46.4. The van der Waals surface area contributed by atoms with Gasteiger partial charge in [0.2, 0.25) is 11.1 Å². The van der Waals surface area contributed by atoms with Gasteiger partial charge in [-0.05, 0) is 61.7 Å². The fourth-order valence-corrected chi connectivity index (χ4v) is 5.43. The third-order valence-electron chi connectivity index (χ3n) is 5.00. The summed E-state index contributed by atoms with van der Waals surface area (Å²) in [6.07, 6.45) is 5.78. The molecule has 0 spiro atoms. The minimum absolute atomic E-state index is 0.337. The van der Waals surface area contributed by atoms with Gasteiger partial charge in [0, 0.05) is 6.42 Å². The summed E-state index contributed by atoms with van der Waals surface area (Å²) in [6, 6.07) is 0. The summed E-state index contributed by atoms with van der Waals surface area (Å²) in [5.74, 6) is 1.80. The van der Waals surface area contributed by atoms with Crippen molar-refractivity contribution in [3.63, 3.8) is 0 Å². The molecule has 2 nitrogen and oxygen atoms in total. The second-order valence-corrected chi connectivity index (χ2v) is 7.58. The van der Waals surface area contributed by atoms with Crippen LogP contribution < -0.4 is 0 Å². The Bertz CT molecular complexity index is 321. The van der Waals surface area contributed by atoms with E-state index in [4.69, 9.17) is 4.55 Å². The van der Waals surface area contributed by atoms with Gasteiger partial charge in [0.05, 0.1) is 0 Å². The van der Waals surface area contributed by atoms with Gasteiger partial charge in [0.1, 0.15) is 0 Å². The van der Waals surface area contributed by atoms with Crippen molar-refractivity contribution in [1.82, 2.24) is 0 Å². The minimum Gasteiger partial charge on any atom is -0.301 e. The summed E-state index contributed by atoms with van der Waals surface area (Å²) in [6.45, 7) is 0. The van der Waals surface area contributed by atoms with Crippen LogP contribution in [0.25, 0.3) is 0 Å². The molecule has 0 heterocycles. The van der Waals surface area contributed by atoms with E-state index in [0.717, 1.165) is 19.3 Å². The van der Waals surface area contributed by atoms with E-state index in [9.17, 15) is 13.0 Å². The first-order valence-corrected chi connectivity index (χ1v) is 7.48. The highest BCUT2D eigenvalue weighted by Gasteiger charge is 2.55. The maximum atomic E-state index is 13.5. The fraction of sp³-hybridized carbons (Fsp3) is 1.00. The second-order valence-electron chi connectivity index (χ2n) is 6.48. The van der Waals surface area contributed by atoms with Crippen LogP contribution in [0, 0.1) is 23.2 Å². The molecule has 4 fully saturated rings. The molecule has 0 saturated heterocycles. The molecule has 1 N–H and O–H groups in total. The van der Waals surface area contributed by atoms with Gasteiger partial charge in [-0.2, -0.15) is 8.78 Å². The molecule has 4 saturated carbocycles. The van der Waals surface area contributed by atoms with E-state index in [2.05, 4.69) is 0 Å². The molecule has 1 atom stereocenters. The Hall–Kier alpha value is -0.0300. The summed E-state index contributed by atoms with van der Waals surface area (Å²) in [5, 5.41) is -3.42. The van der Waals surface area contributed by atoms with Crippen molar-refractivity contribution < 1.29 is 17.5 Å². The summed E-state index contributed by atoms with van der Waals surface area (Å²) >= 11 is -3.02. The second kappa shape index (κ2) is 3.73. The van der Waals surface area contributed by atoms with Crippen LogP contribution in [-0.4, -0.2) is 14.0 Å². The SMILES string of the molecule is O=S(O)C(F)(F)CC12CC3CC(CC(C3)C1)C2. The van der Waals surface area contributed by atoms with Gasteiger partial charge >= 0.3 is 5.25 Å². The molecule has 4 aliphatic carbocycles. The molecule has 0 aromatic heterocycles. The fourth-order valence-electron chi connectivity index (χ4n) is 5.00. The topological polar surface area (TPSA) is 37.3 Å². The maximum absolute atomic E-state index is 13.5. The van der Waals surface area contributed by atoms with E-state index in [1.165, 1.54) is 19.3 Å². The van der Waals surface area contributed by atoms with Crippen molar-refractivity contribution >= 4 is 11.1 Å². The van der Waals surface area contributed by atoms with E-state index >= 15 is 0 Å². The van der Waals surface area contributed by atoms with Gasteiger partial charge in [0.25, 0.3) is 0 Å². The number of hydrogen-bond donors (Lipinski definition) is 1. The Morgan fingerprint density at radius 2 is 1.53 bits per heavy atom. The van der Waals surface area contributed by atoms with Crippen LogP contribution in [0.3, 0.4) is 0 Å². The van der Waals surface area contributed by atoms with Crippen LogP contribution in [0.15, 0.2) is 0 Å². The van der Waals surface area contributed by atoms with Crippen LogP contribution in [-0.2, 0) is 11.1 Å². The molecule has 5 heteroatoms. The molecular formula is C12H18F2O2S. The number of alkyl halides is 2. The molecule has 0 aromatic carbocycles. The smallest absolute Gasteiger partial charge is 0.301 e. The first-order valence-electron chi connectivity index (χ1n) is 6.37. The van der Waals surface area contributed by atoms with Crippen LogP contribution >= 0.6 is 0 Å². The first kappa shape index (κ1) is 12.0. The number of rotatable bonds is 3. The van der Waals surface area contributed by atoms with Crippen LogP contribution in [0.1, 0.15) is 44.9 Å². The Kier molecular flexibility index (Phi) is 2.64. The van der Waals surface area contributed by atoms with Crippen LogP contribution in [0.4, 0.5) is 8.78 Å². The molecule has 4 bridgehead atoms. The number of halogens is 2. The Morgan fingerprint density at radius 3 is 1.88 bits per heavy atom. The van der Waals surface area contributed by atoms with Crippen molar-refractivity contribution in [3.05, 3.63) is 0 Å². The monoisotopic (exact) mass is 264 g/mol. The molecular weight excluding hydrogens is 246 g/mol. The molecule has 0 aliphatic heterocycles. The zero-order valence-electron chi connectivity index (χ0n) is 9.70. The van der Waals surface area contributed by atoms with Gasteiger partial charge in [0.15, 0.2) is 0 Å². The molecule has 0 radical (unpaired) electrons. The van der Waals surface area contributed by atoms with Gasteiger partial charge < -0.3 is 4.55 Å². The largest absolute Gasteiger partial charge is 0.345 e. The number of hydrogen-bond acceptors (Lipinski definition) is 1. The molecule has 0 aromatic rings. The standard InChI is InChI=1S/C12H18F2O2S/c13-12(14,17(15)16)7-11-4-8-1-9(5-11)3-10(2-8)6-11/h8-10H,1-7H2,(H,15,16). The molecule has 1 unspecified atom stereocenters. The summed E-state index contributed by atoms with van der Waals surface area (Å²) in [4.78, 5) is 0. The van der Waals surface area contributed by atoms with Gasteiger partial charge in [-0.3, -0.25) is 0 Å². The van der Waals surface area contributed by atoms with Crippen molar-refractivity contribution in [3.8, 4) is 0 Å². The third kappa shape index (κ3) is 2.05. The lowest BCUT2D eigenvalue weighted by Gasteiger charge is -2.57. The van der Waals surface area contributed by atoms with Gasteiger partial charge in [-0.25, -0.2) is 4.21 Å². The maximum Gasteiger partial charge on any atom is 0.345 e. The quantitative estimate of drug-likeness (QED) is 0.793. The van der Waals surface area contributed by atoms with E-state index < -0.39 is 16.3 Å². The average Bonchev–Trinajstić information content (AvgIpc) is 2.12. The Labute approximate surface area is 102 Å². The lowest BCUT2D eigenvalue weighted by atomic mass is 9.49. The lowest BCUT2D eigenvalue weighted by molar-refractivity contribution is -0.0919. The van der Waals surface area contributed by atoms with Gasteiger partial charge in [-0.1, -0.05) is 0 Å². The van der Waals surface area contributed by atoms with E-state index in [1.807, 2.05) is 0 Å². The predicted molar refractivity (Wildman–Crippen MR) is 60.9 cm³/mol. The molecule has 4 rings (SSSR count). The van der Waals surface area contributed by atoms with Crippen molar-refractivity contribution in [2.45, 2.75) is 50.2 Å². The minimum atomic E-state index is -3.42. The highest BCUT2D eigenvalue weighted by molar-refractivity contribution is 7.80. The molecule has 0 amide bonds. The average molecular weight is 264 g/mol. The van der Waals surface area contributed by atoms with Crippen LogP contribution in [0.2, 0.25) is 0 Å². The Balaban J connectivity index is 1.80. The highest BCUT2D eigenvalue weighted by atomic mass is 32.2. The molecule has 17 heavy (non-hydrogen) atoms. The van der Waals surface area contributed by atoms with E-state index in [-0.39, 0.29) is 11.8 Å². The predicted octanol–water partition coefficient (Wildman–Crippen LogP) is 3.41. The normalized spacial score (nSPS) is 46.2. The van der Waals surface area contributed by atoms with E-state index in [0.29, 0.717) is 17.8 Å². The van der Waals surface area contributed by atoms with E-state index in [1.54, 1.807) is 0 Å².